The van der Waals surface area contributed by atoms with Crippen molar-refractivity contribution < 1.29 is 80.2 Å². The molecular formula is C79H154O17P2. The number of phosphoric acid groups is 2. The third-order valence-corrected chi connectivity index (χ3v) is 20.4. The van der Waals surface area contributed by atoms with Crippen molar-refractivity contribution in [2.75, 3.05) is 39.6 Å². The maximum atomic E-state index is 13.1. The lowest BCUT2D eigenvalue weighted by atomic mass is 10.0. The van der Waals surface area contributed by atoms with Gasteiger partial charge in [-0.05, 0) is 31.6 Å². The first-order valence-corrected chi connectivity index (χ1v) is 44.1. The van der Waals surface area contributed by atoms with E-state index >= 15 is 0 Å². The number of phosphoric ester groups is 2. The highest BCUT2D eigenvalue weighted by atomic mass is 31.2. The minimum Gasteiger partial charge on any atom is -0.462 e. The summed E-state index contributed by atoms with van der Waals surface area (Å²) >= 11 is 0. The first-order valence-electron chi connectivity index (χ1n) is 41.1. The Hall–Kier alpha value is -1.94. The van der Waals surface area contributed by atoms with Crippen LogP contribution in [0.5, 0.6) is 0 Å². The second-order valence-electron chi connectivity index (χ2n) is 28.9. The molecule has 0 saturated carbocycles. The summed E-state index contributed by atoms with van der Waals surface area (Å²) in [5.74, 6) is -1.31. The van der Waals surface area contributed by atoms with Gasteiger partial charge in [-0.15, -0.1) is 0 Å². The Labute approximate surface area is 600 Å². The summed E-state index contributed by atoms with van der Waals surface area (Å²) in [5, 5.41) is 10.6. The van der Waals surface area contributed by atoms with Crippen LogP contribution in [0.15, 0.2) is 0 Å². The van der Waals surface area contributed by atoms with E-state index in [1.807, 2.05) is 0 Å². The molecule has 0 radical (unpaired) electrons. The molecule has 17 nitrogen and oxygen atoms in total. The van der Waals surface area contributed by atoms with E-state index in [1.165, 1.54) is 238 Å². The van der Waals surface area contributed by atoms with E-state index in [0.29, 0.717) is 25.7 Å². The summed E-state index contributed by atoms with van der Waals surface area (Å²) in [6.07, 6.45) is 62.4. The molecule has 0 aliphatic heterocycles. The lowest BCUT2D eigenvalue weighted by molar-refractivity contribution is -0.161. The number of aliphatic hydroxyl groups excluding tert-OH is 1. The van der Waals surface area contributed by atoms with Crippen molar-refractivity contribution in [3.63, 3.8) is 0 Å². The van der Waals surface area contributed by atoms with Crippen molar-refractivity contribution in [3.8, 4) is 0 Å². The van der Waals surface area contributed by atoms with Gasteiger partial charge in [0.15, 0.2) is 12.2 Å². The number of carbonyl (C=O) groups is 4. The molecule has 0 saturated heterocycles. The number of ether oxygens (including phenoxy) is 4. The maximum absolute atomic E-state index is 13.1. The Balaban J connectivity index is 5.20. The molecule has 0 aromatic carbocycles. The fourth-order valence-electron chi connectivity index (χ4n) is 12.2. The van der Waals surface area contributed by atoms with Crippen molar-refractivity contribution >= 4 is 39.5 Å². The van der Waals surface area contributed by atoms with Gasteiger partial charge in [0.25, 0.3) is 0 Å². The standard InChI is InChI=1S/C79H154O17P2/c1-6-9-12-15-18-21-23-25-27-28-29-32-36-39-43-48-53-58-63-77(82)90-69-75(96-79(84)65-60-55-50-45-41-37-33-30-31-34-38-42-46-51-56-61-72(4)5)71-94-98(87,88)92-67-73(80)66-91-97(85,86)93-70-74(68-89-76(81)62-57-52-47-20-17-14-11-8-3)95-78(83)64-59-54-49-44-40-35-26-24-22-19-16-13-10-7-2/h72-75,80H,6-71H2,1-5H3,(H,85,86)(H,87,88)/t73-,74+,75+/m0/s1. The maximum Gasteiger partial charge on any atom is 0.472 e. The molecule has 0 aliphatic rings. The predicted octanol–water partition coefficient (Wildman–Crippen LogP) is 23.6. The van der Waals surface area contributed by atoms with Gasteiger partial charge in [0.1, 0.15) is 19.3 Å². The van der Waals surface area contributed by atoms with Crippen LogP contribution in [0.25, 0.3) is 0 Å². The van der Waals surface area contributed by atoms with E-state index < -0.39 is 97.5 Å². The van der Waals surface area contributed by atoms with Gasteiger partial charge in [-0.1, -0.05) is 369 Å². The highest BCUT2D eigenvalue weighted by molar-refractivity contribution is 7.47. The Bertz CT molecular complexity index is 1870. The van der Waals surface area contributed by atoms with Gasteiger partial charge in [0.05, 0.1) is 26.4 Å². The van der Waals surface area contributed by atoms with Gasteiger partial charge >= 0.3 is 39.5 Å². The fourth-order valence-corrected chi connectivity index (χ4v) is 13.8. The van der Waals surface area contributed by atoms with E-state index in [4.69, 9.17) is 37.0 Å². The Morgan fingerprint density at radius 1 is 0.276 bits per heavy atom. The summed E-state index contributed by atoms with van der Waals surface area (Å²) in [5.41, 5.74) is 0. The molecule has 0 spiro atoms. The SMILES string of the molecule is CCCCCCCCCCCCCCCCCCCCC(=O)OC[C@H](COP(=O)(O)OC[C@@H](O)COP(=O)(O)OC[C@@H](COC(=O)CCCCCCCCCC)OC(=O)CCCCCCCCCCCCCCCC)OC(=O)CCCCCCCCCCCCCCCCCC(C)C. The monoisotopic (exact) mass is 1440 g/mol. The molecule has 5 atom stereocenters. The van der Waals surface area contributed by atoms with Gasteiger partial charge in [0.2, 0.25) is 0 Å². The molecule has 2 unspecified atom stereocenters. The van der Waals surface area contributed by atoms with Crippen molar-refractivity contribution in [3.05, 3.63) is 0 Å². The molecule has 0 fully saturated rings. The molecule has 0 aliphatic carbocycles. The summed E-state index contributed by atoms with van der Waals surface area (Å²) in [4.78, 5) is 72.9. The van der Waals surface area contributed by atoms with Crippen LogP contribution in [0.2, 0.25) is 0 Å². The van der Waals surface area contributed by atoms with E-state index in [1.54, 1.807) is 0 Å². The summed E-state index contributed by atoms with van der Waals surface area (Å²) in [7, 11) is -9.91. The molecule has 0 rings (SSSR count). The molecule has 19 heteroatoms. The lowest BCUT2D eigenvalue weighted by Gasteiger charge is -2.21. The van der Waals surface area contributed by atoms with Crippen LogP contribution in [0.4, 0.5) is 0 Å². The van der Waals surface area contributed by atoms with Crippen LogP contribution in [-0.4, -0.2) is 96.7 Å². The number of unbranched alkanes of at least 4 members (excludes halogenated alkanes) is 51. The normalized spacial score (nSPS) is 13.9. The van der Waals surface area contributed by atoms with Crippen LogP contribution in [-0.2, 0) is 65.4 Å². The zero-order chi connectivity index (χ0) is 71.9. The van der Waals surface area contributed by atoms with E-state index in [0.717, 1.165) is 102 Å². The third-order valence-electron chi connectivity index (χ3n) is 18.5. The molecule has 98 heavy (non-hydrogen) atoms. The van der Waals surface area contributed by atoms with Gasteiger partial charge in [-0.25, -0.2) is 9.13 Å². The predicted molar refractivity (Wildman–Crippen MR) is 400 cm³/mol. The molecule has 0 bridgehead atoms. The number of esters is 4. The molecule has 0 aromatic heterocycles. The summed E-state index contributed by atoms with van der Waals surface area (Å²) < 4.78 is 68.6. The Kier molecular flexibility index (Phi) is 70.6. The number of hydrogen-bond donors (Lipinski definition) is 3. The smallest absolute Gasteiger partial charge is 0.462 e. The zero-order valence-corrected chi connectivity index (χ0v) is 65.7. The van der Waals surface area contributed by atoms with Crippen molar-refractivity contribution in [2.45, 2.75) is 438 Å². The number of rotatable bonds is 79. The summed E-state index contributed by atoms with van der Waals surface area (Å²) in [6.45, 7) is 7.32. The Morgan fingerprint density at radius 2 is 0.469 bits per heavy atom. The van der Waals surface area contributed by atoms with E-state index in [9.17, 15) is 43.2 Å². The van der Waals surface area contributed by atoms with E-state index in [-0.39, 0.29) is 25.7 Å². The molecule has 0 aromatic rings. The average Bonchev–Trinajstić information content (AvgIpc) is 1.17. The minimum atomic E-state index is -4.96. The number of carbonyl (C=O) groups excluding carboxylic acids is 4. The topological polar surface area (TPSA) is 237 Å². The zero-order valence-electron chi connectivity index (χ0n) is 63.9. The van der Waals surface area contributed by atoms with Crippen molar-refractivity contribution in [1.29, 1.82) is 0 Å². The van der Waals surface area contributed by atoms with Gasteiger partial charge in [-0.2, -0.15) is 0 Å². The molecule has 3 N–H and O–H groups in total. The number of hydrogen-bond acceptors (Lipinski definition) is 15. The third kappa shape index (κ3) is 72.4. The lowest BCUT2D eigenvalue weighted by Crippen LogP contribution is -2.30. The number of aliphatic hydroxyl groups is 1. The molecular weight excluding hydrogens is 1280 g/mol. The van der Waals surface area contributed by atoms with Crippen LogP contribution >= 0.6 is 15.6 Å². The summed E-state index contributed by atoms with van der Waals surface area (Å²) in [6, 6.07) is 0. The van der Waals surface area contributed by atoms with Crippen molar-refractivity contribution in [2.24, 2.45) is 5.92 Å². The van der Waals surface area contributed by atoms with Crippen LogP contribution < -0.4 is 0 Å². The Morgan fingerprint density at radius 3 is 0.694 bits per heavy atom. The minimum absolute atomic E-state index is 0.108. The van der Waals surface area contributed by atoms with Crippen LogP contribution in [0.1, 0.15) is 420 Å². The molecule has 0 amide bonds. The first-order chi connectivity index (χ1) is 47.5. The molecule has 0 heterocycles. The molecule has 582 valence electrons. The average molecular weight is 1440 g/mol. The highest BCUT2D eigenvalue weighted by Crippen LogP contribution is 2.45. The second-order valence-corrected chi connectivity index (χ2v) is 31.8. The second kappa shape index (κ2) is 72.0. The van der Waals surface area contributed by atoms with Crippen molar-refractivity contribution in [1.82, 2.24) is 0 Å². The first kappa shape index (κ1) is 96.1. The highest BCUT2D eigenvalue weighted by Gasteiger charge is 2.30. The quantitative estimate of drug-likeness (QED) is 0.0222. The fraction of sp³-hybridized carbons (Fsp3) is 0.949. The van der Waals surface area contributed by atoms with Crippen LogP contribution in [0, 0.1) is 5.92 Å². The largest absolute Gasteiger partial charge is 0.472 e. The van der Waals surface area contributed by atoms with Gasteiger partial charge in [0, 0.05) is 25.7 Å². The van der Waals surface area contributed by atoms with Crippen LogP contribution in [0.3, 0.4) is 0 Å². The van der Waals surface area contributed by atoms with Gasteiger partial charge in [-0.3, -0.25) is 37.3 Å². The van der Waals surface area contributed by atoms with Gasteiger partial charge < -0.3 is 33.8 Å². The van der Waals surface area contributed by atoms with E-state index in [2.05, 4.69) is 34.6 Å².